The standard InChI is InChI=1S/C12H3BrF14/c13-6-2-4(1-5(3-6)8(15,16)11(22,23)24)7(14,10(19,20)21)9(17,18)12(25,26)27/h1-3H. The molecule has 0 nitrogen and oxygen atoms in total. The second-order valence-electron chi connectivity index (χ2n) is 5.03. The van der Waals surface area contributed by atoms with Crippen LogP contribution in [0.5, 0.6) is 0 Å². The molecule has 0 N–H and O–H groups in total. The second kappa shape index (κ2) is 6.37. The van der Waals surface area contributed by atoms with E-state index in [-0.39, 0.29) is 6.07 Å². The molecule has 0 fully saturated rings. The van der Waals surface area contributed by atoms with Gasteiger partial charge in [-0.2, -0.15) is 57.1 Å². The van der Waals surface area contributed by atoms with E-state index >= 15 is 0 Å². The van der Waals surface area contributed by atoms with Gasteiger partial charge in [0.1, 0.15) is 0 Å². The quantitative estimate of drug-likeness (QED) is 0.397. The first-order chi connectivity index (χ1) is 11.6. The molecule has 27 heavy (non-hydrogen) atoms. The molecule has 15 heteroatoms. The van der Waals surface area contributed by atoms with Gasteiger partial charge in [-0.1, -0.05) is 15.9 Å². The van der Waals surface area contributed by atoms with E-state index in [9.17, 15) is 61.5 Å². The Morgan fingerprint density at radius 3 is 1.26 bits per heavy atom. The van der Waals surface area contributed by atoms with Crippen LogP contribution in [0, 0.1) is 0 Å². The van der Waals surface area contributed by atoms with Crippen molar-refractivity contribution in [2.75, 3.05) is 0 Å². The monoisotopic (exact) mass is 492 g/mol. The molecule has 0 aliphatic rings. The summed E-state index contributed by atoms with van der Waals surface area (Å²) in [6.45, 7) is 0. The Balaban J connectivity index is 3.89. The fourth-order valence-corrected chi connectivity index (χ4v) is 2.34. The molecule has 0 bridgehead atoms. The highest BCUT2D eigenvalue weighted by atomic mass is 79.9. The minimum absolute atomic E-state index is 0.209. The van der Waals surface area contributed by atoms with Gasteiger partial charge >= 0.3 is 36.0 Å². The van der Waals surface area contributed by atoms with E-state index in [1.165, 1.54) is 0 Å². The van der Waals surface area contributed by atoms with Gasteiger partial charge in [-0.15, -0.1) is 0 Å². The van der Waals surface area contributed by atoms with E-state index < -0.39 is 63.8 Å². The molecule has 0 heterocycles. The molecule has 0 amide bonds. The number of benzene rings is 1. The summed E-state index contributed by atoms with van der Waals surface area (Å²) in [5.41, 5.74) is -11.9. The lowest BCUT2D eigenvalue weighted by Gasteiger charge is -2.36. The van der Waals surface area contributed by atoms with Crippen LogP contribution in [-0.2, 0) is 11.6 Å². The largest absolute Gasteiger partial charge is 0.458 e. The third-order valence-electron chi connectivity index (χ3n) is 3.19. The highest BCUT2D eigenvalue weighted by Crippen LogP contribution is 2.59. The first-order valence-electron chi connectivity index (χ1n) is 6.07. The average molecular weight is 493 g/mol. The molecule has 1 rings (SSSR count). The molecule has 1 unspecified atom stereocenters. The Hall–Kier alpha value is -1.28. The van der Waals surface area contributed by atoms with Crippen LogP contribution in [-0.4, -0.2) is 24.5 Å². The third-order valence-corrected chi connectivity index (χ3v) is 3.65. The number of rotatable bonds is 3. The summed E-state index contributed by atoms with van der Waals surface area (Å²) >= 11 is 2.09. The van der Waals surface area contributed by atoms with E-state index in [1.807, 2.05) is 0 Å². The molecule has 1 aromatic carbocycles. The summed E-state index contributed by atoms with van der Waals surface area (Å²) < 4.78 is 179. The van der Waals surface area contributed by atoms with Crippen molar-refractivity contribution in [3.63, 3.8) is 0 Å². The van der Waals surface area contributed by atoms with Crippen molar-refractivity contribution < 1.29 is 61.5 Å². The van der Waals surface area contributed by atoms with E-state index in [0.29, 0.717) is 0 Å². The number of hydrogen-bond acceptors (Lipinski definition) is 0. The van der Waals surface area contributed by atoms with Gasteiger partial charge in [0.05, 0.1) is 0 Å². The Morgan fingerprint density at radius 2 is 0.926 bits per heavy atom. The Kier molecular flexibility index (Phi) is 5.61. The smallest absolute Gasteiger partial charge is 0.221 e. The lowest BCUT2D eigenvalue weighted by Crippen LogP contribution is -2.59. The summed E-state index contributed by atoms with van der Waals surface area (Å²) in [5, 5.41) is 0. The summed E-state index contributed by atoms with van der Waals surface area (Å²) in [5.74, 6) is -13.2. The Bertz CT molecular complexity index is 698. The van der Waals surface area contributed by atoms with Crippen molar-refractivity contribution in [2.45, 2.75) is 36.0 Å². The molecule has 0 saturated heterocycles. The van der Waals surface area contributed by atoms with Crippen molar-refractivity contribution in [3.8, 4) is 0 Å². The highest BCUT2D eigenvalue weighted by molar-refractivity contribution is 9.10. The molecule has 1 atom stereocenters. The van der Waals surface area contributed by atoms with Gasteiger partial charge in [-0.25, -0.2) is 4.39 Å². The maximum Gasteiger partial charge on any atom is 0.458 e. The summed E-state index contributed by atoms with van der Waals surface area (Å²) in [6.07, 6.45) is -20.7. The zero-order chi connectivity index (χ0) is 21.9. The molecular weight excluding hydrogens is 490 g/mol. The third kappa shape index (κ3) is 3.70. The van der Waals surface area contributed by atoms with Crippen molar-refractivity contribution in [3.05, 3.63) is 33.8 Å². The maximum absolute atomic E-state index is 14.2. The van der Waals surface area contributed by atoms with Crippen molar-refractivity contribution in [2.24, 2.45) is 0 Å². The van der Waals surface area contributed by atoms with E-state index in [1.54, 1.807) is 0 Å². The second-order valence-corrected chi connectivity index (χ2v) is 5.94. The van der Waals surface area contributed by atoms with Crippen LogP contribution in [0.4, 0.5) is 61.5 Å². The number of hydrogen-bond donors (Lipinski definition) is 0. The fraction of sp³-hybridized carbons (Fsp3) is 0.500. The molecule has 0 aliphatic heterocycles. The normalized spacial score (nSPS) is 17.0. The van der Waals surface area contributed by atoms with E-state index in [0.717, 1.165) is 0 Å². The lowest BCUT2D eigenvalue weighted by molar-refractivity contribution is -0.389. The van der Waals surface area contributed by atoms with Gasteiger partial charge in [-0.3, -0.25) is 0 Å². The number of halogens is 15. The fourth-order valence-electron chi connectivity index (χ4n) is 1.85. The predicted molar refractivity (Wildman–Crippen MR) is 63.9 cm³/mol. The zero-order valence-corrected chi connectivity index (χ0v) is 13.5. The summed E-state index contributed by atoms with van der Waals surface area (Å²) in [4.78, 5) is 0. The van der Waals surface area contributed by atoms with Crippen molar-refractivity contribution in [1.29, 1.82) is 0 Å². The van der Waals surface area contributed by atoms with Gasteiger partial charge < -0.3 is 0 Å². The van der Waals surface area contributed by atoms with Crippen LogP contribution in [0.2, 0.25) is 0 Å². The minimum atomic E-state index is -7.22. The lowest BCUT2D eigenvalue weighted by atomic mass is 9.86. The van der Waals surface area contributed by atoms with Crippen LogP contribution in [0.15, 0.2) is 22.7 Å². The first kappa shape index (κ1) is 23.8. The predicted octanol–water partition coefficient (Wildman–Crippen LogP) is 7.03. The SMILES string of the molecule is FC(F)(F)C(F)(F)c1cc(Br)cc(C(F)(C(F)(F)F)C(F)(F)C(F)(F)F)c1. The van der Waals surface area contributed by atoms with Crippen LogP contribution in [0.1, 0.15) is 11.1 Å². The van der Waals surface area contributed by atoms with Crippen molar-refractivity contribution >= 4 is 15.9 Å². The zero-order valence-electron chi connectivity index (χ0n) is 11.9. The van der Waals surface area contributed by atoms with Gasteiger partial charge in [0, 0.05) is 15.6 Å². The molecule has 0 aliphatic carbocycles. The summed E-state index contributed by atoms with van der Waals surface area (Å²) in [6, 6.07) is -1.67. The maximum atomic E-state index is 14.2. The molecule has 156 valence electrons. The Labute approximate surface area is 148 Å². The van der Waals surface area contributed by atoms with Crippen LogP contribution in [0.3, 0.4) is 0 Å². The van der Waals surface area contributed by atoms with Crippen LogP contribution in [0.25, 0.3) is 0 Å². The van der Waals surface area contributed by atoms with Crippen LogP contribution < -0.4 is 0 Å². The van der Waals surface area contributed by atoms with E-state index in [4.69, 9.17) is 0 Å². The van der Waals surface area contributed by atoms with Gasteiger partial charge in [0.15, 0.2) is 0 Å². The summed E-state index contributed by atoms with van der Waals surface area (Å²) in [7, 11) is 0. The van der Waals surface area contributed by atoms with E-state index in [2.05, 4.69) is 15.9 Å². The Morgan fingerprint density at radius 1 is 0.519 bits per heavy atom. The molecule has 0 radical (unpaired) electrons. The van der Waals surface area contributed by atoms with Crippen LogP contribution >= 0.6 is 15.9 Å². The molecule has 0 aromatic heterocycles. The van der Waals surface area contributed by atoms with Gasteiger partial charge in [0.2, 0.25) is 0 Å². The topological polar surface area (TPSA) is 0 Å². The van der Waals surface area contributed by atoms with Crippen molar-refractivity contribution in [1.82, 2.24) is 0 Å². The first-order valence-corrected chi connectivity index (χ1v) is 6.86. The molecule has 0 saturated carbocycles. The average Bonchev–Trinajstić information content (AvgIpc) is 2.41. The number of alkyl halides is 14. The molecule has 0 spiro atoms. The van der Waals surface area contributed by atoms with Gasteiger partial charge in [-0.05, 0) is 18.2 Å². The van der Waals surface area contributed by atoms with Gasteiger partial charge in [0.25, 0.3) is 0 Å². The minimum Gasteiger partial charge on any atom is -0.221 e. The molecular formula is C12H3BrF14. The highest BCUT2D eigenvalue weighted by Gasteiger charge is 2.82. The molecule has 1 aromatic rings.